The van der Waals surface area contributed by atoms with Gasteiger partial charge in [0.25, 0.3) is 0 Å². The van der Waals surface area contributed by atoms with Crippen molar-refractivity contribution < 1.29 is 4.39 Å². The van der Waals surface area contributed by atoms with Gasteiger partial charge in [0, 0.05) is 5.56 Å². The molecule has 0 unspecified atom stereocenters. The number of benzene rings is 1. The topological polar surface area (TPSA) is 23.8 Å². The van der Waals surface area contributed by atoms with Gasteiger partial charge in [0.2, 0.25) is 0 Å². The van der Waals surface area contributed by atoms with E-state index in [-0.39, 0.29) is 5.56 Å². The standard InChI is InChI=1S/C11H10FNS/c12-11-9(4-1-2-7-14)5-3-6-10(11)8-13/h1,3-6,14H,2,7H2. The highest BCUT2D eigenvalue weighted by Crippen LogP contribution is 2.13. The Morgan fingerprint density at radius 3 is 2.93 bits per heavy atom. The number of hydrogen-bond donors (Lipinski definition) is 1. The molecule has 0 fully saturated rings. The summed E-state index contributed by atoms with van der Waals surface area (Å²) < 4.78 is 13.4. The summed E-state index contributed by atoms with van der Waals surface area (Å²) in [6, 6.07) is 6.58. The minimum Gasteiger partial charge on any atom is -0.205 e. The van der Waals surface area contributed by atoms with Gasteiger partial charge >= 0.3 is 0 Å². The Hall–Kier alpha value is -1.27. The molecule has 3 heteroatoms. The molecule has 0 aliphatic rings. The molecule has 1 nitrogen and oxygen atoms in total. The quantitative estimate of drug-likeness (QED) is 0.757. The fourth-order valence-corrected chi connectivity index (χ4v) is 1.20. The number of nitriles is 1. The summed E-state index contributed by atoms with van der Waals surface area (Å²) in [7, 11) is 0. The minimum absolute atomic E-state index is 0.0815. The van der Waals surface area contributed by atoms with Gasteiger partial charge in [-0.15, -0.1) is 0 Å². The summed E-state index contributed by atoms with van der Waals surface area (Å²) in [6.07, 6.45) is 4.30. The van der Waals surface area contributed by atoms with E-state index in [9.17, 15) is 4.39 Å². The Labute approximate surface area is 88.3 Å². The van der Waals surface area contributed by atoms with E-state index >= 15 is 0 Å². The number of allylic oxidation sites excluding steroid dienone is 1. The molecule has 0 aromatic heterocycles. The van der Waals surface area contributed by atoms with Crippen molar-refractivity contribution in [2.45, 2.75) is 6.42 Å². The van der Waals surface area contributed by atoms with Crippen molar-refractivity contribution in [3.63, 3.8) is 0 Å². The Morgan fingerprint density at radius 1 is 1.50 bits per heavy atom. The molecule has 14 heavy (non-hydrogen) atoms. The molecule has 72 valence electrons. The molecule has 0 saturated carbocycles. The third kappa shape index (κ3) is 2.61. The molecule has 1 aromatic rings. The maximum absolute atomic E-state index is 13.4. The molecule has 0 heterocycles. The van der Waals surface area contributed by atoms with Gasteiger partial charge in [-0.05, 0) is 18.2 Å². The summed E-state index contributed by atoms with van der Waals surface area (Å²) in [6.45, 7) is 0. The first-order valence-corrected chi connectivity index (χ1v) is 4.89. The zero-order valence-corrected chi connectivity index (χ0v) is 8.47. The van der Waals surface area contributed by atoms with Gasteiger partial charge in [-0.3, -0.25) is 0 Å². The highest BCUT2D eigenvalue weighted by Gasteiger charge is 2.03. The van der Waals surface area contributed by atoms with Crippen LogP contribution in [0, 0.1) is 17.1 Å². The smallest absolute Gasteiger partial charge is 0.148 e. The van der Waals surface area contributed by atoms with E-state index in [0.29, 0.717) is 5.56 Å². The van der Waals surface area contributed by atoms with E-state index in [1.54, 1.807) is 24.3 Å². The predicted molar refractivity (Wildman–Crippen MR) is 58.6 cm³/mol. The van der Waals surface area contributed by atoms with E-state index < -0.39 is 5.82 Å². The number of rotatable bonds is 3. The zero-order valence-electron chi connectivity index (χ0n) is 7.57. The largest absolute Gasteiger partial charge is 0.205 e. The van der Waals surface area contributed by atoms with Crippen LogP contribution in [0.2, 0.25) is 0 Å². The van der Waals surface area contributed by atoms with Gasteiger partial charge < -0.3 is 0 Å². The summed E-state index contributed by atoms with van der Waals surface area (Å²) in [5, 5.41) is 8.59. The third-order valence-electron chi connectivity index (χ3n) is 1.74. The second kappa shape index (κ2) is 5.46. The fourth-order valence-electron chi connectivity index (χ4n) is 1.05. The highest BCUT2D eigenvalue weighted by atomic mass is 32.1. The van der Waals surface area contributed by atoms with Crippen molar-refractivity contribution in [1.82, 2.24) is 0 Å². The molecule has 1 aromatic carbocycles. The minimum atomic E-state index is -0.453. The van der Waals surface area contributed by atoms with Crippen molar-refractivity contribution >= 4 is 18.7 Å². The van der Waals surface area contributed by atoms with Crippen LogP contribution in [0.1, 0.15) is 17.5 Å². The lowest BCUT2D eigenvalue weighted by Gasteiger charge is -1.97. The summed E-state index contributed by atoms with van der Waals surface area (Å²) in [4.78, 5) is 0. The summed E-state index contributed by atoms with van der Waals surface area (Å²) in [5.74, 6) is 0.279. The molecule has 0 atom stereocenters. The van der Waals surface area contributed by atoms with Crippen molar-refractivity contribution in [2.75, 3.05) is 5.75 Å². The molecule has 0 saturated heterocycles. The average Bonchev–Trinajstić information content (AvgIpc) is 2.21. The van der Waals surface area contributed by atoms with Gasteiger partial charge in [-0.1, -0.05) is 24.3 Å². The van der Waals surface area contributed by atoms with Crippen LogP contribution >= 0.6 is 12.6 Å². The van der Waals surface area contributed by atoms with Gasteiger partial charge in [0.15, 0.2) is 0 Å². The molecule has 0 spiro atoms. The average molecular weight is 207 g/mol. The fraction of sp³-hybridized carbons (Fsp3) is 0.182. The second-order valence-electron chi connectivity index (χ2n) is 2.74. The summed E-state index contributed by atoms with van der Waals surface area (Å²) >= 11 is 4.03. The second-order valence-corrected chi connectivity index (χ2v) is 3.18. The Morgan fingerprint density at radius 2 is 2.29 bits per heavy atom. The van der Waals surface area contributed by atoms with Gasteiger partial charge in [0.05, 0.1) is 5.56 Å². The van der Waals surface area contributed by atoms with Crippen LogP contribution in [0.3, 0.4) is 0 Å². The molecule has 0 aliphatic heterocycles. The third-order valence-corrected chi connectivity index (χ3v) is 2.00. The molecule has 1 rings (SSSR count). The van der Waals surface area contributed by atoms with Crippen molar-refractivity contribution in [1.29, 1.82) is 5.26 Å². The first-order chi connectivity index (χ1) is 6.79. The van der Waals surface area contributed by atoms with Crippen LogP contribution in [0.15, 0.2) is 24.3 Å². The Bertz CT molecular complexity index is 379. The van der Waals surface area contributed by atoms with Crippen LogP contribution in [0.25, 0.3) is 6.08 Å². The number of thiol groups is 1. The summed E-state index contributed by atoms with van der Waals surface area (Å²) in [5.41, 5.74) is 0.531. The lowest BCUT2D eigenvalue weighted by molar-refractivity contribution is 0.621. The SMILES string of the molecule is N#Cc1cccc(C=CCCS)c1F. The molecular formula is C11H10FNS. The lowest BCUT2D eigenvalue weighted by Crippen LogP contribution is -1.87. The van der Waals surface area contributed by atoms with Crippen LogP contribution in [-0.4, -0.2) is 5.75 Å². The Balaban J connectivity index is 2.94. The van der Waals surface area contributed by atoms with Crippen molar-refractivity contribution in [3.05, 3.63) is 41.2 Å². The van der Waals surface area contributed by atoms with Crippen LogP contribution in [0.4, 0.5) is 4.39 Å². The van der Waals surface area contributed by atoms with E-state index in [4.69, 9.17) is 5.26 Å². The number of hydrogen-bond acceptors (Lipinski definition) is 2. The van der Waals surface area contributed by atoms with Gasteiger partial charge in [0.1, 0.15) is 11.9 Å². The molecule has 0 radical (unpaired) electrons. The van der Waals surface area contributed by atoms with Crippen LogP contribution in [-0.2, 0) is 0 Å². The maximum atomic E-state index is 13.4. The van der Waals surface area contributed by atoms with Crippen molar-refractivity contribution in [3.8, 4) is 6.07 Å². The Kier molecular flexibility index (Phi) is 4.21. The number of nitrogens with zero attached hydrogens (tertiary/aromatic N) is 1. The normalized spacial score (nSPS) is 10.4. The van der Waals surface area contributed by atoms with Crippen LogP contribution in [0.5, 0.6) is 0 Å². The highest BCUT2D eigenvalue weighted by molar-refractivity contribution is 7.80. The van der Waals surface area contributed by atoms with Gasteiger partial charge in [-0.2, -0.15) is 17.9 Å². The van der Waals surface area contributed by atoms with Crippen molar-refractivity contribution in [2.24, 2.45) is 0 Å². The first-order valence-electron chi connectivity index (χ1n) is 4.25. The van der Waals surface area contributed by atoms with E-state index in [1.807, 2.05) is 6.08 Å². The maximum Gasteiger partial charge on any atom is 0.148 e. The first kappa shape index (κ1) is 10.8. The molecule has 0 aliphatic carbocycles. The number of halogens is 1. The molecule has 0 N–H and O–H groups in total. The molecular weight excluding hydrogens is 197 g/mol. The monoisotopic (exact) mass is 207 g/mol. The zero-order chi connectivity index (χ0) is 10.4. The predicted octanol–water partition coefficient (Wildman–Crippen LogP) is 3.03. The van der Waals surface area contributed by atoms with E-state index in [1.165, 1.54) is 6.07 Å². The van der Waals surface area contributed by atoms with Crippen LogP contribution < -0.4 is 0 Å². The molecule has 0 bridgehead atoms. The molecule has 0 amide bonds. The van der Waals surface area contributed by atoms with Gasteiger partial charge in [-0.25, -0.2) is 4.39 Å². The lowest BCUT2D eigenvalue weighted by atomic mass is 10.1. The van der Waals surface area contributed by atoms with E-state index in [2.05, 4.69) is 12.6 Å². The van der Waals surface area contributed by atoms with E-state index in [0.717, 1.165) is 12.2 Å².